The minimum atomic E-state index is -0.658. The van der Waals surface area contributed by atoms with Crippen LogP contribution in [0, 0.1) is 0 Å². The molecule has 0 aromatic carbocycles. The first-order valence-electron chi connectivity index (χ1n) is 4.05. The van der Waals surface area contributed by atoms with Gasteiger partial charge in [-0.25, -0.2) is 0 Å². The van der Waals surface area contributed by atoms with E-state index in [1.807, 2.05) is 0 Å². The first kappa shape index (κ1) is 12.2. The van der Waals surface area contributed by atoms with Gasteiger partial charge in [-0.1, -0.05) is 11.6 Å². The Kier molecular flexibility index (Phi) is 6.32. The SMILES string of the molecule is CCOC(=O)CCC(=O)OC(C)Cl. The number of carbonyl (C=O) groups excluding carboxylic acids is 2. The lowest BCUT2D eigenvalue weighted by molar-refractivity contribution is -0.150. The van der Waals surface area contributed by atoms with Crippen molar-refractivity contribution in [1.82, 2.24) is 0 Å². The van der Waals surface area contributed by atoms with Crippen molar-refractivity contribution in [2.45, 2.75) is 32.3 Å². The van der Waals surface area contributed by atoms with Crippen molar-refractivity contribution >= 4 is 23.5 Å². The third-order valence-electron chi connectivity index (χ3n) is 1.13. The number of hydrogen-bond donors (Lipinski definition) is 0. The molecule has 1 atom stereocenters. The van der Waals surface area contributed by atoms with E-state index in [-0.39, 0.29) is 12.8 Å². The zero-order valence-corrected chi connectivity index (χ0v) is 8.47. The van der Waals surface area contributed by atoms with Gasteiger partial charge in [0.1, 0.15) is 0 Å². The van der Waals surface area contributed by atoms with Gasteiger partial charge in [0.2, 0.25) is 0 Å². The molecule has 0 radical (unpaired) electrons. The number of alkyl halides is 1. The van der Waals surface area contributed by atoms with E-state index in [1.54, 1.807) is 6.92 Å². The van der Waals surface area contributed by atoms with Crippen molar-refractivity contribution in [3.05, 3.63) is 0 Å². The molecule has 0 saturated heterocycles. The number of rotatable bonds is 5. The fourth-order valence-electron chi connectivity index (χ4n) is 0.677. The second-order valence-electron chi connectivity index (χ2n) is 2.34. The summed E-state index contributed by atoms with van der Waals surface area (Å²) in [4.78, 5) is 21.6. The predicted molar refractivity (Wildman–Crippen MR) is 47.3 cm³/mol. The van der Waals surface area contributed by atoms with Gasteiger partial charge in [-0.15, -0.1) is 0 Å². The van der Waals surface area contributed by atoms with Crippen molar-refractivity contribution in [2.75, 3.05) is 6.61 Å². The second-order valence-corrected chi connectivity index (χ2v) is 2.95. The van der Waals surface area contributed by atoms with Crippen LogP contribution in [-0.4, -0.2) is 24.1 Å². The molecule has 0 rings (SSSR count). The van der Waals surface area contributed by atoms with Gasteiger partial charge in [0.15, 0.2) is 5.56 Å². The molecule has 0 spiro atoms. The number of carbonyl (C=O) groups is 2. The van der Waals surface area contributed by atoms with E-state index in [2.05, 4.69) is 9.47 Å². The number of hydrogen-bond acceptors (Lipinski definition) is 4. The highest BCUT2D eigenvalue weighted by molar-refractivity contribution is 6.19. The Labute approximate surface area is 82.1 Å². The smallest absolute Gasteiger partial charge is 0.307 e. The van der Waals surface area contributed by atoms with E-state index < -0.39 is 17.5 Å². The lowest BCUT2D eigenvalue weighted by atomic mass is 10.3. The molecule has 0 aromatic rings. The van der Waals surface area contributed by atoms with E-state index in [9.17, 15) is 9.59 Å². The summed E-state index contributed by atoms with van der Waals surface area (Å²) in [7, 11) is 0. The molecule has 0 aliphatic heterocycles. The van der Waals surface area contributed by atoms with Gasteiger partial charge in [0, 0.05) is 0 Å². The molecule has 0 heterocycles. The van der Waals surface area contributed by atoms with Gasteiger partial charge in [-0.05, 0) is 13.8 Å². The first-order chi connectivity index (χ1) is 6.06. The van der Waals surface area contributed by atoms with E-state index in [4.69, 9.17) is 11.6 Å². The Morgan fingerprint density at radius 3 is 2.31 bits per heavy atom. The highest BCUT2D eigenvalue weighted by Crippen LogP contribution is 2.01. The average Bonchev–Trinajstić information content (AvgIpc) is 2.00. The van der Waals surface area contributed by atoms with Crippen LogP contribution in [0.4, 0.5) is 0 Å². The molecule has 0 aromatic heterocycles. The maximum absolute atomic E-state index is 10.8. The summed E-state index contributed by atoms with van der Waals surface area (Å²) in [6.45, 7) is 3.56. The van der Waals surface area contributed by atoms with Crippen molar-refractivity contribution < 1.29 is 19.1 Å². The molecule has 1 unspecified atom stereocenters. The Bertz CT molecular complexity index is 179. The predicted octanol–water partition coefficient (Wildman–Crippen LogP) is 1.46. The number of halogens is 1. The quantitative estimate of drug-likeness (QED) is 0.507. The molecular weight excluding hydrogens is 196 g/mol. The molecule has 0 fully saturated rings. The van der Waals surface area contributed by atoms with Gasteiger partial charge in [-0.2, -0.15) is 0 Å². The van der Waals surface area contributed by atoms with Gasteiger partial charge < -0.3 is 9.47 Å². The minimum Gasteiger partial charge on any atom is -0.466 e. The highest BCUT2D eigenvalue weighted by atomic mass is 35.5. The lowest BCUT2D eigenvalue weighted by Crippen LogP contribution is -2.12. The number of esters is 2. The maximum atomic E-state index is 10.8. The third kappa shape index (κ3) is 7.59. The standard InChI is InChI=1S/C8H13ClO4/c1-3-12-7(10)4-5-8(11)13-6(2)9/h6H,3-5H2,1-2H3. The zero-order valence-electron chi connectivity index (χ0n) is 7.71. The summed E-state index contributed by atoms with van der Waals surface area (Å²) < 4.78 is 9.22. The lowest BCUT2D eigenvalue weighted by Gasteiger charge is -2.05. The largest absolute Gasteiger partial charge is 0.466 e. The molecule has 76 valence electrons. The van der Waals surface area contributed by atoms with Crippen LogP contribution in [0.25, 0.3) is 0 Å². The zero-order chi connectivity index (χ0) is 10.3. The van der Waals surface area contributed by atoms with Crippen LogP contribution < -0.4 is 0 Å². The van der Waals surface area contributed by atoms with Crippen LogP contribution in [0.5, 0.6) is 0 Å². The van der Waals surface area contributed by atoms with E-state index >= 15 is 0 Å². The summed E-state index contributed by atoms with van der Waals surface area (Å²) in [5, 5.41) is 0. The third-order valence-corrected chi connectivity index (χ3v) is 1.22. The molecule has 0 saturated carbocycles. The maximum Gasteiger partial charge on any atom is 0.307 e. The molecule has 0 aliphatic carbocycles. The van der Waals surface area contributed by atoms with E-state index in [1.165, 1.54) is 6.92 Å². The summed E-state index contributed by atoms with van der Waals surface area (Å²) in [6.07, 6.45) is 0.0478. The summed E-state index contributed by atoms with van der Waals surface area (Å²) in [5.74, 6) is -0.891. The Hall–Kier alpha value is -0.770. The van der Waals surface area contributed by atoms with Crippen LogP contribution in [0.1, 0.15) is 26.7 Å². The Balaban J connectivity index is 3.52. The van der Waals surface area contributed by atoms with E-state index in [0.717, 1.165) is 0 Å². The minimum absolute atomic E-state index is 0.00981. The highest BCUT2D eigenvalue weighted by Gasteiger charge is 2.10. The Morgan fingerprint density at radius 1 is 1.31 bits per heavy atom. The van der Waals surface area contributed by atoms with Crippen LogP contribution >= 0.6 is 11.6 Å². The molecule has 0 N–H and O–H groups in total. The molecule has 4 nitrogen and oxygen atoms in total. The molecule has 5 heteroatoms. The van der Waals surface area contributed by atoms with Crippen molar-refractivity contribution in [3.63, 3.8) is 0 Å². The molecule has 0 aliphatic rings. The molecule has 0 bridgehead atoms. The molecular formula is C8H13ClO4. The molecule has 13 heavy (non-hydrogen) atoms. The van der Waals surface area contributed by atoms with Crippen molar-refractivity contribution in [1.29, 1.82) is 0 Å². The molecule has 0 amide bonds. The van der Waals surface area contributed by atoms with Crippen LogP contribution in [-0.2, 0) is 19.1 Å². The van der Waals surface area contributed by atoms with Crippen LogP contribution in [0.2, 0.25) is 0 Å². The summed E-state index contributed by atoms with van der Waals surface area (Å²) in [6, 6.07) is 0. The average molecular weight is 209 g/mol. The van der Waals surface area contributed by atoms with Gasteiger partial charge >= 0.3 is 11.9 Å². The summed E-state index contributed by atoms with van der Waals surface area (Å²) in [5.41, 5.74) is -0.658. The fourth-order valence-corrected chi connectivity index (χ4v) is 0.777. The van der Waals surface area contributed by atoms with Gasteiger partial charge in [0.05, 0.1) is 19.4 Å². The first-order valence-corrected chi connectivity index (χ1v) is 4.49. The topological polar surface area (TPSA) is 52.6 Å². The second kappa shape index (κ2) is 6.71. The van der Waals surface area contributed by atoms with Gasteiger partial charge in [0.25, 0.3) is 0 Å². The van der Waals surface area contributed by atoms with Crippen molar-refractivity contribution in [2.24, 2.45) is 0 Å². The number of ether oxygens (including phenoxy) is 2. The summed E-state index contributed by atoms with van der Waals surface area (Å²) >= 11 is 5.39. The van der Waals surface area contributed by atoms with Crippen molar-refractivity contribution in [3.8, 4) is 0 Å². The normalized spacial score (nSPS) is 11.9. The van der Waals surface area contributed by atoms with Crippen LogP contribution in [0.3, 0.4) is 0 Å². The fraction of sp³-hybridized carbons (Fsp3) is 0.750. The van der Waals surface area contributed by atoms with Crippen LogP contribution in [0.15, 0.2) is 0 Å². The Morgan fingerprint density at radius 2 is 1.85 bits per heavy atom. The van der Waals surface area contributed by atoms with Gasteiger partial charge in [-0.3, -0.25) is 9.59 Å². The monoisotopic (exact) mass is 208 g/mol. The van der Waals surface area contributed by atoms with E-state index in [0.29, 0.717) is 6.61 Å².